The van der Waals surface area contributed by atoms with E-state index in [2.05, 4.69) is 9.97 Å². The number of hydrogen-bond donors (Lipinski definition) is 1. The van der Waals surface area contributed by atoms with Crippen molar-refractivity contribution in [2.75, 3.05) is 0 Å². The molecule has 0 aliphatic rings. The maximum atomic E-state index is 8.36. The first-order valence-electron chi connectivity index (χ1n) is 2.59. The molecule has 11 heavy (non-hydrogen) atoms. The quantitative estimate of drug-likeness (QED) is 0.529. The smallest absolute Gasteiger partial charge is 0.290 e. The third kappa shape index (κ3) is 4.54. The molecule has 1 aromatic rings. The summed E-state index contributed by atoms with van der Waals surface area (Å²) < 4.78 is 0. The van der Waals surface area contributed by atoms with Crippen LogP contribution >= 0.6 is 0 Å². The normalized spacial score (nSPS) is 6.82. The Morgan fingerprint density at radius 1 is 1.64 bits per heavy atom. The maximum Gasteiger partial charge on any atom is 0.290 e. The predicted octanol–water partition coefficient (Wildman–Crippen LogP) is 0.0491. The molecule has 5 nitrogen and oxygen atoms in total. The molecule has 0 bridgehead atoms. The molecule has 0 fully saturated rings. The van der Waals surface area contributed by atoms with Crippen LogP contribution in [0.1, 0.15) is 5.69 Å². The molecule has 1 heterocycles. The average Bonchev–Trinajstić information content (AvgIpc) is 2.08. The van der Waals surface area contributed by atoms with Gasteiger partial charge in [0.1, 0.15) is 6.07 Å². The van der Waals surface area contributed by atoms with E-state index in [1.54, 1.807) is 0 Å². The van der Waals surface area contributed by atoms with Gasteiger partial charge in [-0.05, 0) is 0 Å². The lowest BCUT2D eigenvalue weighted by atomic mass is 10.5. The second-order valence-electron chi connectivity index (χ2n) is 1.31. The molecule has 0 aliphatic carbocycles. The summed E-state index contributed by atoms with van der Waals surface area (Å²) in [6.45, 7) is -0.250. The van der Waals surface area contributed by atoms with Crippen LogP contribution in [0.25, 0.3) is 0 Å². The van der Waals surface area contributed by atoms with Crippen LogP contribution < -0.4 is 0 Å². The van der Waals surface area contributed by atoms with E-state index in [-0.39, 0.29) is 6.47 Å². The Labute approximate surface area is 63.0 Å². The van der Waals surface area contributed by atoms with Crippen molar-refractivity contribution in [3.8, 4) is 6.07 Å². The SMILES string of the molecule is N#Cc1cnccn1.O=CO. The summed E-state index contributed by atoms with van der Waals surface area (Å²) in [5.74, 6) is 0. The lowest BCUT2D eigenvalue weighted by Gasteiger charge is -1.79. The van der Waals surface area contributed by atoms with E-state index in [0.29, 0.717) is 5.69 Å². The minimum Gasteiger partial charge on any atom is -0.483 e. The van der Waals surface area contributed by atoms with E-state index in [0.717, 1.165) is 0 Å². The van der Waals surface area contributed by atoms with Gasteiger partial charge < -0.3 is 5.11 Å². The lowest BCUT2D eigenvalue weighted by molar-refractivity contribution is -0.122. The fourth-order valence-electron chi connectivity index (χ4n) is 0.357. The van der Waals surface area contributed by atoms with E-state index < -0.39 is 0 Å². The Hall–Kier alpha value is -1.96. The molecule has 5 heteroatoms. The van der Waals surface area contributed by atoms with Crippen LogP contribution in [-0.4, -0.2) is 21.5 Å². The van der Waals surface area contributed by atoms with Gasteiger partial charge in [0, 0.05) is 12.4 Å². The second-order valence-corrected chi connectivity index (χ2v) is 1.31. The highest BCUT2D eigenvalue weighted by atomic mass is 16.3. The van der Waals surface area contributed by atoms with E-state index in [4.69, 9.17) is 15.2 Å². The van der Waals surface area contributed by atoms with Crippen molar-refractivity contribution in [1.29, 1.82) is 5.26 Å². The third-order valence-corrected chi connectivity index (χ3v) is 0.678. The summed E-state index contributed by atoms with van der Waals surface area (Å²) >= 11 is 0. The van der Waals surface area contributed by atoms with Gasteiger partial charge in [0.05, 0.1) is 6.20 Å². The molecule has 0 aromatic carbocycles. The zero-order valence-electron chi connectivity index (χ0n) is 5.51. The average molecular weight is 151 g/mol. The van der Waals surface area contributed by atoms with Crippen molar-refractivity contribution >= 4 is 6.47 Å². The van der Waals surface area contributed by atoms with Gasteiger partial charge in [-0.15, -0.1) is 0 Å². The van der Waals surface area contributed by atoms with Crippen molar-refractivity contribution in [3.63, 3.8) is 0 Å². The molecule has 0 spiro atoms. The number of carbonyl (C=O) groups is 1. The first-order valence-corrected chi connectivity index (χ1v) is 2.59. The van der Waals surface area contributed by atoms with Gasteiger partial charge in [-0.25, -0.2) is 4.98 Å². The lowest BCUT2D eigenvalue weighted by Crippen LogP contribution is -1.79. The molecule has 1 N–H and O–H groups in total. The van der Waals surface area contributed by atoms with Crippen molar-refractivity contribution in [2.45, 2.75) is 0 Å². The van der Waals surface area contributed by atoms with Crippen molar-refractivity contribution in [3.05, 3.63) is 24.3 Å². The number of nitriles is 1. The van der Waals surface area contributed by atoms with Crippen LogP contribution in [0.5, 0.6) is 0 Å². The van der Waals surface area contributed by atoms with Gasteiger partial charge >= 0.3 is 0 Å². The first kappa shape index (κ1) is 9.04. The molecule has 0 radical (unpaired) electrons. The Bertz CT molecular complexity index is 242. The Morgan fingerprint density at radius 2 is 2.27 bits per heavy atom. The Balaban J connectivity index is 0.000000292. The van der Waals surface area contributed by atoms with E-state index in [9.17, 15) is 0 Å². The molecule has 1 aromatic heterocycles. The third-order valence-electron chi connectivity index (χ3n) is 0.678. The minimum atomic E-state index is -0.250. The van der Waals surface area contributed by atoms with Crippen molar-refractivity contribution < 1.29 is 9.90 Å². The topological polar surface area (TPSA) is 86.9 Å². The molecule has 0 atom stereocenters. The number of nitrogens with zero attached hydrogens (tertiary/aromatic N) is 3. The van der Waals surface area contributed by atoms with Crippen LogP contribution in [0.2, 0.25) is 0 Å². The molecule has 0 unspecified atom stereocenters. The summed E-state index contributed by atoms with van der Waals surface area (Å²) in [5.41, 5.74) is 0.354. The molecule has 0 amide bonds. The van der Waals surface area contributed by atoms with Crippen LogP contribution in [-0.2, 0) is 4.79 Å². The Morgan fingerprint density at radius 3 is 2.55 bits per heavy atom. The number of rotatable bonds is 0. The largest absolute Gasteiger partial charge is 0.483 e. The number of carboxylic acid groups (broad SMARTS) is 1. The van der Waals surface area contributed by atoms with Crippen molar-refractivity contribution in [2.24, 2.45) is 0 Å². The summed E-state index contributed by atoms with van der Waals surface area (Å²) in [6, 6.07) is 1.85. The van der Waals surface area contributed by atoms with E-state index in [1.165, 1.54) is 18.6 Å². The summed E-state index contributed by atoms with van der Waals surface area (Å²) in [6.07, 6.45) is 4.43. The highest BCUT2D eigenvalue weighted by Crippen LogP contribution is 1.82. The van der Waals surface area contributed by atoms with Crippen LogP contribution in [0.15, 0.2) is 18.6 Å². The fraction of sp³-hybridized carbons (Fsp3) is 0. The van der Waals surface area contributed by atoms with Crippen LogP contribution in [0, 0.1) is 11.3 Å². The highest BCUT2D eigenvalue weighted by Gasteiger charge is 1.82. The fourth-order valence-corrected chi connectivity index (χ4v) is 0.357. The summed E-state index contributed by atoms with van der Waals surface area (Å²) in [7, 11) is 0. The highest BCUT2D eigenvalue weighted by molar-refractivity contribution is 5.32. The van der Waals surface area contributed by atoms with Crippen LogP contribution in [0.3, 0.4) is 0 Å². The molecule has 1 rings (SSSR count). The van der Waals surface area contributed by atoms with Gasteiger partial charge in [-0.2, -0.15) is 5.26 Å². The van der Waals surface area contributed by atoms with Gasteiger partial charge in [0.15, 0.2) is 5.69 Å². The second kappa shape index (κ2) is 6.16. The number of aromatic nitrogens is 2. The monoisotopic (exact) mass is 151 g/mol. The summed E-state index contributed by atoms with van der Waals surface area (Å²) in [4.78, 5) is 15.7. The molecule has 0 saturated carbocycles. The summed E-state index contributed by atoms with van der Waals surface area (Å²) in [5, 5.41) is 15.1. The molecule has 0 aliphatic heterocycles. The standard InChI is InChI=1S/C5H3N3.CH2O2/c6-3-5-4-7-1-2-8-5;2-1-3/h1-2,4H;1H,(H,2,3). The molecular formula is C6H5N3O2. The van der Waals surface area contributed by atoms with Gasteiger partial charge in [-0.1, -0.05) is 0 Å². The van der Waals surface area contributed by atoms with Crippen LogP contribution in [0.4, 0.5) is 0 Å². The zero-order chi connectivity index (χ0) is 8.53. The first-order chi connectivity index (χ1) is 5.35. The molecule has 56 valence electrons. The minimum absolute atomic E-state index is 0.250. The molecule has 0 saturated heterocycles. The molecular weight excluding hydrogens is 146 g/mol. The van der Waals surface area contributed by atoms with Gasteiger partial charge in [0.25, 0.3) is 6.47 Å². The van der Waals surface area contributed by atoms with E-state index >= 15 is 0 Å². The number of hydrogen-bond acceptors (Lipinski definition) is 4. The zero-order valence-corrected chi connectivity index (χ0v) is 5.51. The van der Waals surface area contributed by atoms with Crippen molar-refractivity contribution in [1.82, 2.24) is 9.97 Å². The van der Waals surface area contributed by atoms with E-state index in [1.807, 2.05) is 6.07 Å². The van der Waals surface area contributed by atoms with Gasteiger partial charge in [0.2, 0.25) is 0 Å². The maximum absolute atomic E-state index is 8.36. The van der Waals surface area contributed by atoms with Gasteiger partial charge in [-0.3, -0.25) is 9.78 Å². The predicted molar refractivity (Wildman–Crippen MR) is 35.4 cm³/mol. The Kier molecular flexibility index (Phi) is 5.07.